The summed E-state index contributed by atoms with van der Waals surface area (Å²) in [5, 5.41) is 3.35. The fourth-order valence-electron chi connectivity index (χ4n) is 3.20. The van der Waals surface area contributed by atoms with Crippen LogP contribution in [0.5, 0.6) is 0 Å². The van der Waals surface area contributed by atoms with E-state index in [9.17, 15) is 18.0 Å². The number of hydrogen-bond acceptors (Lipinski definition) is 4. The molecule has 2 amide bonds. The van der Waals surface area contributed by atoms with E-state index in [2.05, 4.69) is 21.2 Å². The van der Waals surface area contributed by atoms with Crippen molar-refractivity contribution < 1.29 is 18.0 Å². The van der Waals surface area contributed by atoms with Crippen LogP contribution in [0.15, 0.2) is 53.0 Å². The average molecular weight is 559 g/mol. The first-order valence-corrected chi connectivity index (χ1v) is 13.6. The molecule has 0 aromatic heterocycles. The highest BCUT2D eigenvalue weighted by Crippen LogP contribution is 2.23. The Morgan fingerprint density at radius 1 is 1.15 bits per heavy atom. The van der Waals surface area contributed by atoms with Crippen molar-refractivity contribution in [2.75, 3.05) is 23.7 Å². The van der Waals surface area contributed by atoms with Gasteiger partial charge >= 0.3 is 0 Å². The van der Waals surface area contributed by atoms with Crippen molar-refractivity contribution in [3.8, 4) is 0 Å². The van der Waals surface area contributed by atoms with Gasteiger partial charge < -0.3 is 10.2 Å². The normalized spacial score (nSPS) is 12.2. The van der Waals surface area contributed by atoms with E-state index in [1.807, 2.05) is 6.92 Å². The third-order valence-electron chi connectivity index (χ3n) is 5.01. The highest BCUT2D eigenvalue weighted by molar-refractivity contribution is 9.10. The maximum Gasteiger partial charge on any atom is 0.244 e. The monoisotopic (exact) mass is 557 g/mol. The molecule has 2 aromatic rings. The van der Waals surface area contributed by atoms with Crippen LogP contribution in [0.4, 0.5) is 5.69 Å². The molecule has 0 bridgehead atoms. The van der Waals surface area contributed by atoms with E-state index >= 15 is 0 Å². The number of sulfonamides is 1. The van der Waals surface area contributed by atoms with Crippen LogP contribution in [0.3, 0.4) is 0 Å². The summed E-state index contributed by atoms with van der Waals surface area (Å²) in [5.74, 6) is -0.800. The Morgan fingerprint density at radius 2 is 1.85 bits per heavy atom. The largest absolute Gasteiger partial charge is 0.354 e. The first-order valence-electron chi connectivity index (χ1n) is 10.6. The molecule has 7 nitrogen and oxygen atoms in total. The summed E-state index contributed by atoms with van der Waals surface area (Å²) in [7, 11) is -3.76. The maximum atomic E-state index is 13.4. The van der Waals surface area contributed by atoms with Gasteiger partial charge in [-0.25, -0.2) is 8.42 Å². The summed E-state index contributed by atoms with van der Waals surface area (Å²) < 4.78 is 26.8. The SMILES string of the molecule is CCCCNC(=O)[C@H](C)N(Cc1cccc(Cl)c1)C(=O)CN(c1cccc(Br)c1)S(C)(=O)=O. The van der Waals surface area contributed by atoms with Crippen LogP contribution in [0.1, 0.15) is 32.3 Å². The quantitative estimate of drug-likeness (QED) is 0.419. The molecule has 2 aromatic carbocycles. The smallest absolute Gasteiger partial charge is 0.244 e. The standard InChI is InChI=1S/C23H29BrClN3O4S/c1-4-5-12-26-23(30)17(2)27(15-18-8-6-10-20(25)13-18)22(29)16-28(33(3,31)32)21-11-7-9-19(24)14-21/h6-11,13-14,17H,4-5,12,15-16H2,1-3H3,(H,26,30)/t17-/m0/s1. The molecule has 1 atom stereocenters. The molecule has 2 rings (SSSR count). The van der Waals surface area contributed by atoms with E-state index in [1.165, 1.54) is 4.90 Å². The lowest BCUT2D eigenvalue weighted by molar-refractivity contribution is -0.139. The molecular weight excluding hydrogens is 530 g/mol. The Kier molecular flexibility index (Phi) is 10.2. The first kappa shape index (κ1) is 27.1. The van der Waals surface area contributed by atoms with Crippen molar-refractivity contribution in [2.24, 2.45) is 0 Å². The molecule has 0 saturated heterocycles. The molecule has 0 aliphatic heterocycles. The van der Waals surface area contributed by atoms with Crippen LogP contribution >= 0.6 is 27.5 Å². The highest BCUT2D eigenvalue weighted by Gasteiger charge is 2.30. The molecule has 0 radical (unpaired) electrons. The molecule has 10 heteroatoms. The van der Waals surface area contributed by atoms with Crippen LogP contribution in [0.25, 0.3) is 0 Å². The van der Waals surface area contributed by atoms with Crippen LogP contribution in [0.2, 0.25) is 5.02 Å². The molecule has 0 saturated carbocycles. The van der Waals surface area contributed by atoms with Gasteiger partial charge in [0.2, 0.25) is 21.8 Å². The minimum Gasteiger partial charge on any atom is -0.354 e. The van der Waals surface area contributed by atoms with E-state index in [-0.39, 0.29) is 12.5 Å². The van der Waals surface area contributed by atoms with Gasteiger partial charge in [0.25, 0.3) is 0 Å². The van der Waals surface area contributed by atoms with E-state index in [4.69, 9.17) is 11.6 Å². The number of halogens is 2. The zero-order valence-electron chi connectivity index (χ0n) is 18.9. The van der Waals surface area contributed by atoms with Crippen LogP contribution < -0.4 is 9.62 Å². The van der Waals surface area contributed by atoms with Crippen molar-refractivity contribution in [3.05, 3.63) is 63.6 Å². The number of nitrogens with one attached hydrogen (secondary N) is 1. The second kappa shape index (κ2) is 12.4. The molecular formula is C23H29BrClN3O4S. The Bertz CT molecular complexity index is 1080. The number of amides is 2. The first-order chi connectivity index (χ1) is 15.5. The predicted molar refractivity (Wildman–Crippen MR) is 136 cm³/mol. The Morgan fingerprint density at radius 3 is 2.45 bits per heavy atom. The zero-order chi connectivity index (χ0) is 24.6. The number of benzene rings is 2. The van der Waals surface area contributed by atoms with Crippen molar-refractivity contribution in [1.82, 2.24) is 10.2 Å². The minimum absolute atomic E-state index is 0.109. The molecule has 0 aliphatic rings. The topological polar surface area (TPSA) is 86.8 Å². The fraction of sp³-hybridized carbons (Fsp3) is 0.391. The van der Waals surface area contributed by atoms with Crippen LogP contribution in [-0.4, -0.2) is 50.5 Å². The lowest BCUT2D eigenvalue weighted by Crippen LogP contribution is -2.51. The Balaban J connectivity index is 2.34. The van der Waals surface area contributed by atoms with Gasteiger partial charge in [0.1, 0.15) is 12.6 Å². The molecule has 0 unspecified atom stereocenters. The summed E-state index contributed by atoms with van der Waals surface area (Å²) in [4.78, 5) is 27.5. The van der Waals surface area contributed by atoms with Gasteiger partial charge in [0, 0.05) is 22.6 Å². The van der Waals surface area contributed by atoms with Gasteiger partial charge in [-0.15, -0.1) is 0 Å². The van der Waals surface area contributed by atoms with Gasteiger partial charge in [-0.05, 0) is 49.2 Å². The van der Waals surface area contributed by atoms with Gasteiger partial charge in [-0.3, -0.25) is 13.9 Å². The van der Waals surface area contributed by atoms with Crippen molar-refractivity contribution in [3.63, 3.8) is 0 Å². The van der Waals surface area contributed by atoms with Crippen molar-refractivity contribution >= 4 is 55.1 Å². The molecule has 180 valence electrons. The number of unbranched alkanes of at least 4 members (excludes halogenated alkanes) is 1. The minimum atomic E-state index is -3.76. The average Bonchev–Trinajstić information content (AvgIpc) is 2.74. The van der Waals surface area contributed by atoms with Crippen LogP contribution in [-0.2, 0) is 26.2 Å². The Labute approximate surface area is 209 Å². The number of nitrogens with zero attached hydrogens (tertiary/aromatic N) is 2. The third-order valence-corrected chi connectivity index (χ3v) is 6.88. The molecule has 1 N–H and O–H groups in total. The van der Waals surface area contributed by atoms with Crippen LogP contribution in [0, 0.1) is 0 Å². The summed E-state index contributed by atoms with van der Waals surface area (Å²) in [6.07, 6.45) is 2.80. The number of anilines is 1. The molecule has 0 fully saturated rings. The highest BCUT2D eigenvalue weighted by atomic mass is 79.9. The fourth-order valence-corrected chi connectivity index (χ4v) is 4.64. The van der Waals surface area contributed by atoms with Gasteiger partial charge in [0.15, 0.2) is 0 Å². The van der Waals surface area contributed by atoms with Gasteiger partial charge in [0.05, 0.1) is 11.9 Å². The number of hydrogen-bond donors (Lipinski definition) is 1. The van der Waals surface area contributed by atoms with Crippen molar-refractivity contribution in [2.45, 2.75) is 39.3 Å². The van der Waals surface area contributed by atoms with Gasteiger partial charge in [-0.1, -0.05) is 59.1 Å². The number of carbonyl (C=O) groups is 2. The summed E-state index contributed by atoms with van der Waals surface area (Å²) in [6, 6.07) is 12.9. The summed E-state index contributed by atoms with van der Waals surface area (Å²) in [5.41, 5.74) is 1.08. The van der Waals surface area contributed by atoms with Gasteiger partial charge in [-0.2, -0.15) is 0 Å². The number of carbonyl (C=O) groups excluding carboxylic acids is 2. The second-order valence-corrected chi connectivity index (χ2v) is 11.0. The van der Waals surface area contributed by atoms with Crippen molar-refractivity contribution in [1.29, 1.82) is 0 Å². The second-order valence-electron chi connectivity index (χ2n) is 7.72. The number of rotatable bonds is 11. The lowest BCUT2D eigenvalue weighted by Gasteiger charge is -2.31. The third kappa shape index (κ3) is 8.32. The van der Waals surface area contributed by atoms with E-state index in [0.717, 1.165) is 29.0 Å². The molecule has 33 heavy (non-hydrogen) atoms. The summed E-state index contributed by atoms with van der Waals surface area (Å²) >= 11 is 9.43. The van der Waals surface area contributed by atoms with E-state index in [0.29, 0.717) is 21.7 Å². The summed E-state index contributed by atoms with van der Waals surface area (Å²) in [6.45, 7) is 3.83. The zero-order valence-corrected chi connectivity index (χ0v) is 22.1. The van der Waals surface area contributed by atoms with E-state index < -0.39 is 28.5 Å². The molecule has 0 heterocycles. The Hall–Kier alpha value is -2.10. The molecule has 0 aliphatic carbocycles. The molecule has 0 spiro atoms. The lowest BCUT2D eigenvalue weighted by atomic mass is 10.1. The predicted octanol–water partition coefficient (Wildman–Crippen LogP) is 4.20. The maximum absolute atomic E-state index is 13.4. The van der Waals surface area contributed by atoms with E-state index in [1.54, 1.807) is 55.5 Å².